The maximum Gasteiger partial charge on any atom is 0.306 e. The number of benzene rings is 2. The third-order valence-electron chi connectivity index (χ3n) is 9.30. The molecule has 0 aliphatic carbocycles. The van der Waals surface area contributed by atoms with E-state index < -0.39 is 5.60 Å². The van der Waals surface area contributed by atoms with Gasteiger partial charge in [0.25, 0.3) is 0 Å². The molecule has 1 aliphatic heterocycles. The van der Waals surface area contributed by atoms with Crippen LogP contribution in [-0.4, -0.2) is 29.4 Å². The van der Waals surface area contributed by atoms with E-state index in [0.717, 1.165) is 55.4 Å². The summed E-state index contributed by atoms with van der Waals surface area (Å²) in [5, 5.41) is 11.2. The highest BCUT2D eigenvalue weighted by Gasteiger charge is 2.32. The molecule has 0 radical (unpaired) electrons. The van der Waals surface area contributed by atoms with Gasteiger partial charge in [0.2, 0.25) is 0 Å². The summed E-state index contributed by atoms with van der Waals surface area (Å²) in [4.78, 5) is 11.4. The van der Waals surface area contributed by atoms with Crippen LogP contribution < -0.4 is 4.74 Å². The highest BCUT2D eigenvalue weighted by Crippen LogP contribution is 2.41. The second-order valence-corrected chi connectivity index (χ2v) is 12.1. The second-order valence-electron chi connectivity index (χ2n) is 12.1. The predicted octanol–water partition coefficient (Wildman–Crippen LogP) is 9.40. The molecular formula is C37H54O4. The lowest BCUT2D eigenvalue weighted by Crippen LogP contribution is -2.26. The summed E-state index contributed by atoms with van der Waals surface area (Å²) in [5.74, 6) is 0.714. The van der Waals surface area contributed by atoms with Crippen molar-refractivity contribution in [3.8, 4) is 5.75 Å². The first-order chi connectivity index (χ1) is 19.7. The zero-order valence-corrected chi connectivity index (χ0v) is 26.6. The fourth-order valence-corrected chi connectivity index (χ4v) is 6.22. The largest absolute Gasteiger partial charge is 0.489 e. The van der Waals surface area contributed by atoms with Crippen molar-refractivity contribution in [2.24, 2.45) is 0 Å². The average molecular weight is 563 g/mol. The molecule has 41 heavy (non-hydrogen) atoms. The molecule has 0 aromatic heterocycles. The Balaban J connectivity index is 1.74. The van der Waals surface area contributed by atoms with Gasteiger partial charge < -0.3 is 14.6 Å². The standard InChI is InChI=1S/C37H54O4/c1-7-11-12-13-14-15-23-36(39,8-2)24-22-30-16-17-31(25-28(30)5)37(9-3,10-4)32-18-20-34(29(6)26-32)40-27-33-19-21-35(38)41-33/h16-18,20,22,24-26,33,39H,7-15,19,21,23,27H2,1-6H3/t33-,36?/m0/s1. The summed E-state index contributed by atoms with van der Waals surface area (Å²) in [6, 6.07) is 13.3. The number of carbonyl (C=O) groups excluding carboxylic acids is 1. The van der Waals surface area contributed by atoms with Crippen molar-refractivity contribution in [3.05, 3.63) is 70.3 Å². The molecule has 0 spiro atoms. The van der Waals surface area contributed by atoms with Gasteiger partial charge in [0.15, 0.2) is 0 Å². The number of aliphatic hydroxyl groups is 1. The van der Waals surface area contributed by atoms with Gasteiger partial charge in [0, 0.05) is 11.8 Å². The van der Waals surface area contributed by atoms with Crippen LogP contribution in [-0.2, 0) is 14.9 Å². The van der Waals surface area contributed by atoms with E-state index in [-0.39, 0.29) is 17.5 Å². The van der Waals surface area contributed by atoms with Crippen molar-refractivity contribution in [1.82, 2.24) is 0 Å². The zero-order chi connectivity index (χ0) is 29.9. The molecule has 4 heteroatoms. The smallest absolute Gasteiger partial charge is 0.306 e. The fourth-order valence-electron chi connectivity index (χ4n) is 6.22. The molecule has 1 saturated heterocycles. The van der Waals surface area contributed by atoms with Gasteiger partial charge in [-0.15, -0.1) is 0 Å². The van der Waals surface area contributed by atoms with Crippen LogP contribution >= 0.6 is 0 Å². The van der Waals surface area contributed by atoms with Gasteiger partial charge in [-0.05, 0) is 79.8 Å². The summed E-state index contributed by atoms with van der Waals surface area (Å²) in [6.07, 6.45) is 16.2. The maximum atomic E-state index is 11.4. The van der Waals surface area contributed by atoms with E-state index in [9.17, 15) is 9.90 Å². The number of hydrogen-bond acceptors (Lipinski definition) is 4. The molecule has 1 N–H and O–H groups in total. The Morgan fingerprint density at radius 2 is 1.56 bits per heavy atom. The number of cyclic esters (lactones) is 1. The van der Waals surface area contributed by atoms with Crippen LogP contribution in [0.5, 0.6) is 5.75 Å². The third kappa shape index (κ3) is 8.70. The molecule has 3 rings (SSSR count). The van der Waals surface area contributed by atoms with Crippen LogP contribution in [0.15, 0.2) is 42.5 Å². The monoisotopic (exact) mass is 562 g/mol. The first-order valence-corrected chi connectivity index (χ1v) is 16.2. The van der Waals surface area contributed by atoms with Crippen LogP contribution in [0.4, 0.5) is 0 Å². The van der Waals surface area contributed by atoms with Crippen LogP contribution in [0.3, 0.4) is 0 Å². The molecular weight excluding hydrogens is 508 g/mol. The number of unbranched alkanes of at least 4 members (excludes halogenated alkanes) is 5. The van der Waals surface area contributed by atoms with Crippen molar-refractivity contribution in [1.29, 1.82) is 0 Å². The molecule has 4 nitrogen and oxygen atoms in total. The minimum Gasteiger partial charge on any atom is -0.489 e. The topological polar surface area (TPSA) is 55.8 Å². The molecule has 0 bridgehead atoms. The van der Waals surface area contributed by atoms with Gasteiger partial charge in [0.05, 0.1) is 5.60 Å². The maximum absolute atomic E-state index is 11.4. The van der Waals surface area contributed by atoms with E-state index in [1.165, 1.54) is 48.8 Å². The van der Waals surface area contributed by atoms with Crippen molar-refractivity contribution in [2.75, 3.05) is 6.61 Å². The summed E-state index contributed by atoms with van der Waals surface area (Å²) in [5.41, 5.74) is 5.26. The quantitative estimate of drug-likeness (QED) is 0.154. The number of carbonyl (C=O) groups is 1. The number of hydrogen-bond donors (Lipinski definition) is 1. The Labute approximate surface area is 249 Å². The minimum atomic E-state index is -0.743. The van der Waals surface area contributed by atoms with Gasteiger partial charge in [-0.1, -0.05) is 109 Å². The van der Waals surface area contributed by atoms with E-state index in [0.29, 0.717) is 13.0 Å². The molecule has 1 aliphatic rings. The Morgan fingerprint density at radius 1 is 0.902 bits per heavy atom. The molecule has 0 saturated carbocycles. The van der Waals surface area contributed by atoms with Crippen molar-refractivity contribution in [3.63, 3.8) is 0 Å². The number of rotatable bonds is 17. The van der Waals surface area contributed by atoms with Crippen LogP contribution in [0.1, 0.15) is 133 Å². The molecule has 2 aromatic carbocycles. The minimum absolute atomic E-state index is 0.0980. The first-order valence-electron chi connectivity index (χ1n) is 16.2. The van der Waals surface area contributed by atoms with Crippen molar-refractivity contribution < 1.29 is 19.4 Å². The van der Waals surface area contributed by atoms with E-state index in [2.05, 4.69) is 84.0 Å². The molecule has 1 heterocycles. The van der Waals surface area contributed by atoms with Gasteiger partial charge in [-0.3, -0.25) is 4.79 Å². The van der Waals surface area contributed by atoms with Crippen molar-refractivity contribution in [2.45, 2.75) is 136 Å². The van der Waals surface area contributed by atoms with Gasteiger partial charge >= 0.3 is 5.97 Å². The molecule has 1 unspecified atom stereocenters. The lowest BCUT2D eigenvalue weighted by Gasteiger charge is -2.34. The van der Waals surface area contributed by atoms with E-state index in [1.807, 2.05) is 6.08 Å². The first kappa shape index (κ1) is 32.9. The summed E-state index contributed by atoms with van der Waals surface area (Å²) >= 11 is 0. The normalized spacial score (nSPS) is 17.1. The summed E-state index contributed by atoms with van der Waals surface area (Å²) in [7, 11) is 0. The number of aryl methyl sites for hydroxylation is 2. The van der Waals surface area contributed by atoms with Crippen LogP contribution in [0.25, 0.3) is 6.08 Å². The van der Waals surface area contributed by atoms with E-state index >= 15 is 0 Å². The molecule has 0 amide bonds. The van der Waals surface area contributed by atoms with Gasteiger partial charge in [-0.2, -0.15) is 0 Å². The summed E-state index contributed by atoms with van der Waals surface area (Å²) in [6.45, 7) is 13.5. The number of esters is 1. The van der Waals surface area contributed by atoms with Crippen LogP contribution in [0, 0.1) is 13.8 Å². The lowest BCUT2D eigenvalue weighted by molar-refractivity contribution is -0.142. The van der Waals surface area contributed by atoms with Crippen LogP contribution in [0.2, 0.25) is 0 Å². The molecule has 2 atom stereocenters. The fraction of sp³-hybridized carbons (Fsp3) is 0.595. The Kier molecular flexibility index (Phi) is 12.5. The second kappa shape index (κ2) is 15.6. The Bertz CT molecular complexity index is 1150. The summed E-state index contributed by atoms with van der Waals surface area (Å²) < 4.78 is 11.4. The Morgan fingerprint density at radius 3 is 2.15 bits per heavy atom. The molecule has 1 fully saturated rings. The lowest BCUT2D eigenvalue weighted by atomic mass is 9.70. The highest BCUT2D eigenvalue weighted by molar-refractivity contribution is 5.71. The predicted molar refractivity (Wildman–Crippen MR) is 171 cm³/mol. The van der Waals surface area contributed by atoms with Gasteiger partial charge in [0.1, 0.15) is 18.5 Å². The van der Waals surface area contributed by atoms with E-state index in [1.54, 1.807) is 0 Å². The Hall–Kier alpha value is -2.59. The zero-order valence-electron chi connectivity index (χ0n) is 26.6. The highest BCUT2D eigenvalue weighted by atomic mass is 16.6. The number of ether oxygens (including phenoxy) is 2. The van der Waals surface area contributed by atoms with Crippen molar-refractivity contribution >= 4 is 12.0 Å². The average Bonchev–Trinajstić information content (AvgIpc) is 3.39. The molecule has 226 valence electrons. The molecule has 2 aromatic rings. The SMILES string of the molecule is CCCCCCCCC(O)(C=Cc1ccc(C(CC)(CC)c2ccc(OC[C@@H]3CCC(=O)O3)c(C)c2)cc1C)CC. The van der Waals surface area contributed by atoms with E-state index in [4.69, 9.17) is 9.47 Å². The third-order valence-corrected chi connectivity index (χ3v) is 9.30. The van der Waals surface area contributed by atoms with Gasteiger partial charge in [-0.25, -0.2) is 0 Å².